The summed E-state index contributed by atoms with van der Waals surface area (Å²) >= 11 is 0. The molecule has 1 N–H and O–H groups in total. The minimum absolute atomic E-state index is 0.0603. The van der Waals surface area contributed by atoms with Crippen LogP contribution in [0.25, 0.3) is 0 Å². The van der Waals surface area contributed by atoms with Crippen molar-refractivity contribution in [2.75, 3.05) is 0 Å². The quantitative estimate of drug-likeness (QED) is 0.748. The zero-order valence-electron chi connectivity index (χ0n) is 13.6. The summed E-state index contributed by atoms with van der Waals surface area (Å²) in [6.45, 7) is 4.43. The van der Waals surface area contributed by atoms with Crippen molar-refractivity contribution in [1.29, 1.82) is 0 Å². The van der Waals surface area contributed by atoms with Gasteiger partial charge in [0, 0.05) is 18.3 Å². The van der Waals surface area contributed by atoms with E-state index < -0.39 is 0 Å². The monoisotopic (exact) mass is 302 g/mol. The Balaban J connectivity index is 1.75. The zero-order chi connectivity index (χ0) is 15.7. The average molecular weight is 302 g/mol. The lowest BCUT2D eigenvalue weighted by atomic mass is 9.47. The number of hydrogen-bond acceptors (Lipinski definition) is 3. The maximum atomic E-state index is 12.4. The molecule has 22 heavy (non-hydrogen) atoms. The molecule has 0 spiro atoms. The molecule has 0 heterocycles. The van der Waals surface area contributed by atoms with Crippen LogP contribution >= 0.6 is 0 Å². The fourth-order valence-electron chi connectivity index (χ4n) is 6.30. The summed E-state index contributed by atoms with van der Waals surface area (Å²) in [4.78, 5) is 24.2. The van der Waals surface area contributed by atoms with Crippen molar-refractivity contribution < 1.29 is 14.7 Å². The summed E-state index contributed by atoms with van der Waals surface area (Å²) in [7, 11) is 0. The van der Waals surface area contributed by atoms with E-state index in [0.29, 0.717) is 36.9 Å². The predicted molar refractivity (Wildman–Crippen MR) is 83.1 cm³/mol. The number of aliphatic hydroxyl groups is 1. The molecule has 3 fully saturated rings. The van der Waals surface area contributed by atoms with Gasteiger partial charge in [0.2, 0.25) is 0 Å². The number of carbonyl (C=O) groups is 2. The normalized spacial score (nSPS) is 51.0. The van der Waals surface area contributed by atoms with Crippen molar-refractivity contribution in [1.82, 2.24) is 0 Å². The van der Waals surface area contributed by atoms with Gasteiger partial charge in [0.05, 0.1) is 6.10 Å². The van der Waals surface area contributed by atoms with Gasteiger partial charge in [0.15, 0.2) is 5.78 Å². The average Bonchev–Trinajstić information content (AvgIpc) is 2.77. The smallest absolute Gasteiger partial charge is 0.155 e. The Labute approximate surface area is 132 Å². The van der Waals surface area contributed by atoms with E-state index in [-0.39, 0.29) is 28.6 Å². The molecular weight excluding hydrogens is 276 g/mol. The molecule has 3 saturated carbocycles. The van der Waals surface area contributed by atoms with Crippen LogP contribution in [0.1, 0.15) is 58.8 Å². The lowest BCUT2D eigenvalue weighted by Crippen LogP contribution is -2.55. The van der Waals surface area contributed by atoms with Gasteiger partial charge in [-0.1, -0.05) is 19.4 Å². The Bertz CT molecular complexity index is 577. The number of rotatable bonds is 0. The van der Waals surface area contributed by atoms with Crippen molar-refractivity contribution in [2.24, 2.45) is 28.6 Å². The molecule has 4 unspecified atom stereocenters. The Hall–Kier alpha value is -0.960. The van der Waals surface area contributed by atoms with Gasteiger partial charge in [-0.2, -0.15) is 0 Å². The van der Waals surface area contributed by atoms with Gasteiger partial charge in [-0.25, -0.2) is 0 Å². The van der Waals surface area contributed by atoms with Crippen molar-refractivity contribution in [3.05, 3.63) is 11.6 Å². The summed E-state index contributed by atoms with van der Waals surface area (Å²) in [6.07, 6.45) is 7.23. The summed E-state index contributed by atoms with van der Waals surface area (Å²) in [6, 6.07) is 0. The highest BCUT2D eigenvalue weighted by molar-refractivity contribution is 5.91. The third-order valence-corrected chi connectivity index (χ3v) is 7.69. The molecule has 0 aromatic heterocycles. The van der Waals surface area contributed by atoms with Gasteiger partial charge in [-0.05, 0) is 61.3 Å². The van der Waals surface area contributed by atoms with Crippen LogP contribution in [0.2, 0.25) is 0 Å². The van der Waals surface area contributed by atoms with E-state index in [1.165, 1.54) is 5.57 Å². The first kappa shape index (κ1) is 14.6. The molecule has 4 rings (SSSR count). The minimum atomic E-state index is -0.384. The second kappa shape index (κ2) is 4.53. The van der Waals surface area contributed by atoms with Crippen LogP contribution in [0.3, 0.4) is 0 Å². The molecule has 120 valence electrons. The van der Waals surface area contributed by atoms with Crippen LogP contribution in [0, 0.1) is 28.6 Å². The van der Waals surface area contributed by atoms with Gasteiger partial charge in [0.25, 0.3) is 0 Å². The first-order valence-electron chi connectivity index (χ1n) is 8.81. The van der Waals surface area contributed by atoms with Crippen molar-refractivity contribution in [2.45, 2.75) is 64.9 Å². The number of fused-ring (bicyclic) bond motifs is 5. The van der Waals surface area contributed by atoms with Gasteiger partial charge < -0.3 is 5.11 Å². The maximum Gasteiger partial charge on any atom is 0.155 e. The Kier molecular flexibility index (Phi) is 3.01. The summed E-state index contributed by atoms with van der Waals surface area (Å²) in [5.41, 5.74) is 1.03. The lowest BCUT2D eigenvalue weighted by Gasteiger charge is -2.58. The molecule has 6 atom stereocenters. The Morgan fingerprint density at radius 1 is 1.05 bits per heavy atom. The number of carbonyl (C=O) groups excluding carboxylic acids is 2. The summed E-state index contributed by atoms with van der Waals surface area (Å²) in [5, 5.41) is 10.8. The highest BCUT2D eigenvalue weighted by Gasteiger charge is 2.61. The molecule has 0 aromatic carbocycles. The van der Waals surface area contributed by atoms with Crippen LogP contribution in [-0.4, -0.2) is 22.8 Å². The minimum Gasteiger partial charge on any atom is -0.392 e. The molecule has 0 bridgehead atoms. The van der Waals surface area contributed by atoms with Crippen LogP contribution in [0.15, 0.2) is 11.6 Å². The van der Waals surface area contributed by atoms with Crippen molar-refractivity contribution >= 4 is 11.6 Å². The van der Waals surface area contributed by atoms with Crippen LogP contribution in [-0.2, 0) is 9.59 Å². The van der Waals surface area contributed by atoms with E-state index in [9.17, 15) is 14.7 Å². The molecule has 0 aliphatic heterocycles. The first-order valence-corrected chi connectivity index (χ1v) is 8.81. The number of hydrogen-bond donors (Lipinski definition) is 1. The van der Waals surface area contributed by atoms with Gasteiger partial charge in [-0.15, -0.1) is 0 Å². The molecule has 0 amide bonds. The third-order valence-electron chi connectivity index (χ3n) is 7.69. The SMILES string of the molecule is C[C@]12CCC(=O)C=C1CC(O)C1C2CC[C@]2(C)C(=O)CCC12. The van der Waals surface area contributed by atoms with E-state index >= 15 is 0 Å². The highest BCUT2D eigenvalue weighted by Crippen LogP contribution is 2.64. The highest BCUT2D eigenvalue weighted by atomic mass is 16.3. The molecule has 0 saturated heterocycles. The van der Waals surface area contributed by atoms with Gasteiger partial charge >= 0.3 is 0 Å². The van der Waals surface area contributed by atoms with E-state index in [2.05, 4.69) is 13.8 Å². The van der Waals surface area contributed by atoms with Crippen molar-refractivity contribution in [3.8, 4) is 0 Å². The molecule has 3 heteroatoms. The van der Waals surface area contributed by atoms with E-state index in [1.54, 1.807) is 0 Å². The van der Waals surface area contributed by atoms with Crippen LogP contribution in [0.5, 0.6) is 0 Å². The lowest BCUT2D eigenvalue weighted by molar-refractivity contribution is -0.139. The molecule has 0 aromatic rings. The third kappa shape index (κ3) is 1.72. The summed E-state index contributed by atoms with van der Waals surface area (Å²) in [5.74, 6) is 1.63. The Morgan fingerprint density at radius 2 is 1.77 bits per heavy atom. The second-order valence-corrected chi connectivity index (χ2v) is 8.53. The molecule has 4 aliphatic carbocycles. The van der Waals surface area contributed by atoms with E-state index in [1.807, 2.05) is 6.08 Å². The first-order chi connectivity index (χ1) is 10.4. The second-order valence-electron chi connectivity index (χ2n) is 8.53. The maximum absolute atomic E-state index is 12.4. The number of ketones is 2. The van der Waals surface area contributed by atoms with Gasteiger partial charge in [-0.3, -0.25) is 9.59 Å². The predicted octanol–water partition coefficient (Wildman–Crippen LogP) is 3.06. The zero-order valence-corrected chi connectivity index (χ0v) is 13.6. The fourth-order valence-corrected chi connectivity index (χ4v) is 6.30. The Morgan fingerprint density at radius 3 is 2.55 bits per heavy atom. The number of aliphatic hydroxyl groups excluding tert-OH is 1. The molecule has 0 radical (unpaired) electrons. The number of Topliss-reactive ketones (excluding diaryl/α,β-unsaturated/α-hetero) is 1. The van der Waals surface area contributed by atoms with Crippen molar-refractivity contribution in [3.63, 3.8) is 0 Å². The van der Waals surface area contributed by atoms with E-state index in [4.69, 9.17) is 0 Å². The molecule has 4 aliphatic rings. The standard InChI is InChI=1S/C19H26O3/c1-18-7-5-12(20)9-11(18)10-15(21)17-13-3-4-16(22)19(13,2)8-6-14(17)18/h9,13-15,17,21H,3-8,10H2,1-2H3/t13?,14?,15?,17?,18-,19-/m0/s1. The molecular formula is C19H26O3. The van der Waals surface area contributed by atoms with E-state index in [0.717, 1.165) is 25.7 Å². The fraction of sp³-hybridized carbons (Fsp3) is 0.789. The topological polar surface area (TPSA) is 54.4 Å². The van der Waals surface area contributed by atoms with Gasteiger partial charge in [0.1, 0.15) is 5.78 Å². The van der Waals surface area contributed by atoms with Crippen LogP contribution in [0.4, 0.5) is 0 Å². The summed E-state index contributed by atoms with van der Waals surface area (Å²) < 4.78 is 0. The van der Waals surface area contributed by atoms with Crippen LogP contribution < -0.4 is 0 Å². The largest absolute Gasteiger partial charge is 0.392 e. The molecule has 3 nitrogen and oxygen atoms in total.